The second-order valence-electron chi connectivity index (χ2n) is 4.89. The number of nitrogens with one attached hydrogen (secondary N) is 1. The summed E-state index contributed by atoms with van der Waals surface area (Å²) in [6, 6.07) is 11.1. The third kappa shape index (κ3) is 4.44. The largest absolute Gasteiger partial charge is 0.364 e. The molecule has 3 N–H and O–H groups in total. The van der Waals surface area contributed by atoms with Crippen LogP contribution < -0.4 is 11.2 Å². The molecule has 0 unspecified atom stereocenters. The number of benzene rings is 1. The number of pyridine rings is 1. The van der Waals surface area contributed by atoms with Crippen LogP contribution in [0.5, 0.6) is 0 Å². The minimum absolute atomic E-state index is 0. The van der Waals surface area contributed by atoms with E-state index in [9.17, 15) is 9.59 Å². The third-order valence-electron chi connectivity index (χ3n) is 3.19. The minimum Gasteiger partial charge on any atom is -0.364 e. The van der Waals surface area contributed by atoms with Crippen LogP contribution in [0.15, 0.2) is 47.4 Å². The van der Waals surface area contributed by atoms with Gasteiger partial charge in [0.05, 0.1) is 0 Å². The first-order valence-electron chi connectivity index (χ1n) is 6.84. The molecular weight excluding hydrogens is 302 g/mol. The first-order chi connectivity index (χ1) is 10.1. The van der Waals surface area contributed by atoms with Crippen molar-refractivity contribution >= 4 is 18.3 Å². The molecule has 0 aliphatic rings. The van der Waals surface area contributed by atoms with Gasteiger partial charge in [-0.05, 0) is 12.5 Å². The van der Waals surface area contributed by atoms with E-state index < -0.39 is 0 Å². The number of aromatic nitrogens is 1. The summed E-state index contributed by atoms with van der Waals surface area (Å²) < 4.78 is 0. The monoisotopic (exact) mass is 321 g/mol. The quantitative estimate of drug-likeness (QED) is 0.879. The number of halogens is 1. The first-order valence-corrected chi connectivity index (χ1v) is 6.84. The van der Waals surface area contributed by atoms with Crippen LogP contribution in [0.25, 0.3) is 0 Å². The summed E-state index contributed by atoms with van der Waals surface area (Å²) in [5.41, 5.74) is 7.18. The number of nitrogens with zero attached hydrogens (tertiary/aromatic N) is 1. The highest BCUT2D eigenvalue weighted by atomic mass is 35.5. The Morgan fingerprint density at radius 3 is 2.55 bits per heavy atom. The number of H-pyrrole nitrogens is 1. The van der Waals surface area contributed by atoms with E-state index in [2.05, 4.69) is 4.98 Å². The van der Waals surface area contributed by atoms with Gasteiger partial charge in [0, 0.05) is 37.6 Å². The van der Waals surface area contributed by atoms with Crippen molar-refractivity contribution in [3.63, 3.8) is 0 Å². The summed E-state index contributed by atoms with van der Waals surface area (Å²) >= 11 is 0. The van der Waals surface area contributed by atoms with Crippen LogP contribution in [-0.2, 0) is 6.54 Å². The van der Waals surface area contributed by atoms with Crippen molar-refractivity contribution in [2.75, 3.05) is 13.1 Å². The van der Waals surface area contributed by atoms with Crippen molar-refractivity contribution in [3.8, 4) is 0 Å². The number of rotatable bonds is 5. The van der Waals surface area contributed by atoms with Crippen LogP contribution in [0.3, 0.4) is 0 Å². The number of nitrogens with two attached hydrogens (primary N) is 1. The number of amides is 1. The summed E-state index contributed by atoms with van der Waals surface area (Å²) in [5.74, 6) is -0.300. The standard InChI is InChI=1S/C16H19N3O2.ClH/c1-12-9-15(20)14(10-18-12)16(21)19(8-7-17)11-13-5-3-2-4-6-13;/h2-6,9-10H,7-8,11,17H2,1H3,(H,18,20);1H. The molecule has 6 heteroatoms. The maximum Gasteiger partial charge on any atom is 0.259 e. The number of carbonyl (C=O) groups excluding carboxylic acids is 1. The van der Waals surface area contributed by atoms with Gasteiger partial charge in [0.25, 0.3) is 5.91 Å². The Morgan fingerprint density at radius 1 is 1.27 bits per heavy atom. The molecule has 0 saturated carbocycles. The Balaban J connectivity index is 0.00000242. The number of hydrogen-bond acceptors (Lipinski definition) is 3. The fraction of sp³-hybridized carbons (Fsp3) is 0.250. The van der Waals surface area contributed by atoms with Crippen LogP contribution >= 0.6 is 12.4 Å². The molecule has 0 aliphatic heterocycles. The van der Waals surface area contributed by atoms with Crippen LogP contribution in [0.4, 0.5) is 0 Å². The molecule has 0 bridgehead atoms. The van der Waals surface area contributed by atoms with Gasteiger partial charge in [-0.15, -0.1) is 12.4 Å². The Labute approximate surface area is 135 Å². The van der Waals surface area contributed by atoms with Gasteiger partial charge in [-0.3, -0.25) is 9.59 Å². The molecule has 2 aromatic rings. The van der Waals surface area contributed by atoms with Crippen molar-refractivity contribution in [2.45, 2.75) is 13.5 Å². The molecule has 2 rings (SSSR count). The molecule has 5 nitrogen and oxygen atoms in total. The minimum atomic E-state index is -0.300. The van der Waals surface area contributed by atoms with Crippen LogP contribution in [-0.4, -0.2) is 28.9 Å². The summed E-state index contributed by atoms with van der Waals surface area (Å²) in [4.78, 5) is 29.0. The molecule has 0 atom stereocenters. The molecule has 1 amide bonds. The molecule has 1 aromatic carbocycles. The summed E-state index contributed by atoms with van der Waals surface area (Å²) in [5, 5.41) is 0. The van der Waals surface area contributed by atoms with E-state index >= 15 is 0 Å². The molecule has 0 spiro atoms. The first kappa shape index (κ1) is 17.9. The van der Waals surface area contributed by atoms with Gasteiger partial charge in [-0.2, -0.15) is 0 Å². The van der Waals surface area contributed by atoms with Gasteiger partial charge in [-0.25, -0.2) is 0 Å². The van der Waals surface area contributed by atoms with Crippen molar-refractivity contribution in [3.05, 3.63) is 69.6 Å². The van der Waals surface area contributed by atoms with Gasteiger partial charge < -0.3 is 15.6 Å². The Hall–Kier alpha value is -2.11. The Bertz CT molecular complexity index is 671. The van der Waals surface area contributed by atoms with Gasteiger partial charge in [0.2, 0.25) is 0 Å². The van der Waals surface area contributed by atoms with E-state index in [1.54, 1.807) is 11.8 Å². The predicted molar refractivity (Wildman–Crippen MR) is 89.3 cm³/mol. The lowest BCUT2D eigenvalue weighted by atomic mass is 10.1. The number of aryl methyl sites for hydroxylation is 1. The molecule has 1 heterocycles. The van der Waals surface area contributed by atoms with Gasteiger partial charge in [0.1, 0.15) is 5.56 Å². The highest BCUT2D eigenvalue weighted by molar-refractivity contribution is 5.93. The maximum atomic E-state index is 12.5. The topological polar surface area (TPSA) is 79.2 Å². The second kappa shape index (κ2) is 8.36. The zero-order chi connectivity index (χ0) is 15.2. The highest BCUT2D eigenvalue weighted by Crippen LogP contribution is 2.07. The molecule has 0 saturated heterocycles. The zero-order valence-corrected chi connectivity index (χ0v) is 13.2. The van der Waals surface area contributed by atoms with E-state index in [0.717, 1.165) is 11.3 Å². The Kier molecular flexibility index (Phi) is 6.82. The fourth-order valence-corrected chi connectivity index (χ4v) is 2.12. The summed E-state index contributed by atoms with van der Waals surface area (Å²) in [7, 11) is 0. The molecular formula is C16H20ClN3O2. The van der Waals surface area contributed by atoms with Gasteiger partial charge >= 0.3 is 0 Å². The lowest BCUT2D eigenvalue weighted by Crippen LogP contribution is -2.37. The van der Waals surface area contributed by atoms with Crippen molar-refractivity contribution in [1.29, 1.82) is 0 Å². The van der Waals surface area contributed by atoms with Crippen LogP contribution in [0.2, 0.25) is 0 Å². The lowest BCUT2D eigenvalue weighted by Gasteiger charge is -2.22. The average molecular weight is 322 g/mol. The number of aromatic amines is 1. The highest BCUT2D eigenvalue weighted by Gasteiger charge is 2.18. The van der Waals surface area contributed by atoms with Gasteiger partial charge in [0.15, 0.2) is 5.43 Å². The third-order valence-corrected chi connectivity index (χ3v) is 3.19. The molecule has 22 heavy (non-hydrogen) atoms. The van der Waals surface area contributed by atoms with Crippen molar-refractivity contribution < 1.29 is 4.79 Å². The molecule has 0 aliphatic carbocycles. The van der Waals surface area contributed by atoms with Gasteiger partial charge in [-0.1, -0.05) is 30.3 Å². The SMILES string of the molecule is Cc1cc(=O)c(C(=O)N(CCN)Cc2ccccc2)c[nH]1.Cl. The molecule has 0 fully saturated rings. The average Bonchev–Trinajstić information content (AvgIpc) is 2.47. The van der Waals surface area contributed by atoms with Crippen molar-refractivity contribution in [1.82, 2.24) is 9.88 Å². The van der Waals surface area contributed by atoms with Crippen molar-refractivity contribution in [2.24, 2.45) is 5.73 Å². The van der Waals surface area contributed by atoms with Crippen LogP contribution in [0, 0.1) is 6.92 Å². The fourth-order valence-electron chi connectivity index (χ4n) is 2.12. The Morgan fingerprint density at radius 2 is 1.95 bits per heavy atom. The summed E-state index contributed by atoms with van der Waals surface area (Å²) in [6.07, 6.45) is 1.47. The summed E-state index contributed by atoms with van der Waals surface area (Å²) in [6.45, 7) is 2.96. The number of hydrogen-bond donors (Lipinski definition) is 2. The number of carbonyl (C=O) groups is 1. The molecule has 118 valence electrons. The van der Waals surface area contributed by atoms with E-state index in [-0.39, 0.29) is 29.3 Å². The normalized spacial score (nSPS) is 9.91. The molecule has 0 radical (unpaired) electrons. The predicted octanol–water partition coefficient (Wildman–Crippen LogP) is 1.71. The zero-order valence-electron chi connectivity index (χ0n) is 12.4. The van der Waals surface area contributed by atoms with Crippen LogP contribution in [0.1, 0.15) is 21.6 Å². The molecule has 1 aromatic heterocycles. The van der Waals surface area contributed by atoms with E-state index in [1.807, 2.05) is 30.3 Å². The lowest BCUT2D eigenvalue weighted by molar-refractivity contribution is 0.0746. The van der Waals surface area contributed by atoms with E-state index in [0.29, 0.717) is 19.6 Å². The van der Waals surface area contributed by atoms with E-state index in [4.69, 9.17) is 5.73 Å². The smallest absolute Gasteiger partial charge is 0.259 e. The van der Waals surface area contributed by atoms with E-state index in [1.165, 1.54) is 12.3 Å². The maximum absolute atomic E-state index is 12.5. The second-order valence-corrected chi connectivity index (χ2v) is 4.89.